The first kappa shape index (κ1) is 13.0. The molecule has 1 heterocycles. The van der Waals surface area contributed by atoms with Crippen molar-refractivity contribution in [2.45, 2.75) is 32.3 Å². The van der Waals surface area contributed by atoms with E-state index in [-0.39, 0.29) is 5.02 Å². The number of nitrogens with one attached hydrogen (secondary N) is 2. The summed E-state index contributed by atoms with van der Waals surface area (Å²) in [6, 6.07) is 0. The molecule has 0 aliphatic carbocycles. The Bertz CT molecular complexity index is 403. The SMILES string of the molecule is CCCC(C)(O)CNc1nc[nH]c(=O)c1Cl. The quantitative estimate of drug-likeness (QED) is 0.733. The molecule has 90 valence electrons. The number of anilines is 1. The fourth-order valence-corrected chi connectivity index (χ4v) is 1.58. The van der Waals surface area contributed by atoms with Gasteiger partial charge in [0.1, 0.15) is 5.02 Å². The first-order valence-electron chi connectivity index (χ1n) is 5.15. The van der Waals surface area contributed by atoms with Crippen LogP contribution in [0.2, 0.25) is 5.02 Å². The monoisotopic (exact) mass is 245 g/mol. The maximum Gasteiger partial charge on any atom is 0.271 e. The van der Waals surface area contributed by atoms with Crippen LogP contribution in [0.4, 0.5) is 5.82 Å². The second-order valence-electron chi connectivity index (χ2n) is 3.99. The molecule has 1 aromatic heterocycles. The summed E-state index contributed by atoms with van der Waals surface area (Å²) in [5.41, 5.74) is -1.23. The van der Waals surface area contributed by atoms with E-state index in [2.05, 4.69) is 15.3 Å². The number of halogens is 1. The van der Waals surface area contributed by atoms with Crippen molar-refractivity contribution in [3.63, 3.8) is 0 Å². The largest absolute Gasteiger partial charge is 0.388 e. The van der Waals surface area contributed by atoms with Gasteiger partial charge in [-0.3, -0.25) is 4.79 Å². The zero-order valence-electron chi connectivity index (χ0n) is 9.38. The molecule has 1 atom stereocenters. The number of aromatic amines is 1. The minimum Gasteiger partial charge on any atom is -0.388 e. The number of aliphatic hydroxyl groups is 1. The van der Waals surface area contributed by atoms with Crippen molar-refractivity contribution in [3.05, 3.63) is 21.7 Å². The van der Waals surface area contributed by atoms with Crippen LogP contribution in [0.5, 0.6) is 0 Å². The summed E-state index contributed by atoms with van der Waals surface area (Å²) < 4.78 is 0. The van der Waals surface area contributed by atoms with E-state index in [0.29, 0.717) is 18.8 Å². The van der Waals surface area contributed by atoms with Gasteiger partial charge in [0, 0.05) is 6.54 Å². The molecule has 0 amide bonds. The molecule has 3 N–H and O–H groups in total. The Kier molecular flexibility index (Phi) is 4.32. The third-order valence-corrected chi connectivity index (χ3v) is 2.57. The molecule has 5 nitrogen and oxygen atoms in total. The van der Waals surface area contributed by atoms with Crippen LogP contribution in [0.25, 0.3) is 0 Å². The van der Waals surface area contributed by atoms with E-state index >= 15 is 0 Å². The molecule has 1 unspecified atom stereocenters. The molecular formula is C10H16ClN3O2. The lowest BCUT2D eigenvalue weighted by Crippen LogP contribution is -2.33. The lowest BCUT2D eigenvalue weighted by Gasteiger charge is -2.23. The molecule has 0 saturated carbocycles. The van der Waals surface area contributed by atoms with Crippen LogP contribution in [0, 0.1) is 0 Å². The Balaban J connectivity index is 2.68. The van der Waals surface area contributed by atoms with Crippen LogP contribution in [-0.4, -0.2) is 27.2 Å². The molecular weight excluding hydrogens is 230 g/mol. The van der Waals surface area contributed by atoms with Gasteiger partial charge in [0.2, 0.25) is 0 Å². The summed E-state index contributed by atoms with van der Waals surface area (Å²) >= 11 is 5.75. The van der Waals surface area contributed by atoms with Gasteiger partial charge in [-0.25, -0.2) is 4.98 Å². The summed E-state index contributed by atoms with van der Waals surface area (Å²) in [5.74, 6) is 0.293. The minimum atomic E-state index is -0.831. The number of nitrogens with zero attached hydrogens (tertiary/aromatic N) is 1. The third kappa shape index (κ3) is 3.50. The Morgan fingerprint density at radius 1 is 1.69 bits per heavy atom. The summed E-state index contributed by atoms with van der Waals surface area (Å²) in [5, 5.41) is 12.8. The average molecular weight is 246 g/mol. The van der Waals surface area contributed by atoms with Crippen molar-refractivity contribution in [1.29, 1.82) is 0 Å². The first-order valence-corrected chi connectivity index (χ1v) is 5.53. The summed E-state index contributed by atoms with van der Waals surface area (Å²) in [6.07, 6.45) is 2.82. The van der Waals surface area contributed by atoms with Crippen LogP contribution < -0.4 is 10.9 Å². The Morgan fingerprint density at radius 3 is 3.00 bits per heavy atom. The second kappa shape index (κ2) is 5.32. The van der Waals surface area contributed by atoms with Gasteiger partial charge in [-0.05, 0) is 13.3 Å². The number of hydrogen-bond donors (Lipinski definition) is 3. The molecule has 0 aromatic carbocycles. The predicted octanol–water partition coefficient (Wildman–Crippen LogP) is 1.39. The van der Waals surface area contributed by atoms with E-state index in [1.165, 1.54) is 6.33 Å². The normalized spacial score (nSPS) is 14.5. The fraction of sp³-hybridized carbons (Fsp3) is 0.600. The highest BCUT2D eigenvalue weighted by Crippen LogP contribution is 2.16. The van der Waals surface area contributed by atoms with E-state index in [1.807, 2.05) is 6.92 Å². The van der Waals surface area contributed by atoms with Crippen LogP contribution in [0.3, 0.4) is 0 Å². The average Bonchev–Trinajstić information content (AvgIpc) is 2.20. The number of H-pyrrole nitrogens is 1. The number of aromatic nitrogens is 2. The maximum absolute atomic E-state index is 11.2. The van der Waals surface area contributed by atoms with Gasteiger partial charge < -0.3 is 15.4 Å². The van der Waals surface area contributed by atoms with Gasteiger partial charge in [0.15, 0.2) is 5.82 Å². The van der Waals surface area contributed by atoms with E-state index in [4.69, 9.17) is 11.6 Å². The smallest absolute Gasteiger partial charge is 0.271 e. The molecule has 0 aliphatic heterocycles. The van der Waals surface area contributed by atoms with Crippen molar-refractivity contribution in [1.82, 2.24) is 9.97 Å². The highest BCUT2D eigenvalue weighted by Gasteiger charge is 2.19. The molecule has 1 aromatic rings. The summed E-state index contributed by atoms with van der Waals surface area (Å²) in [7, 11) is 0. The zero-order chi connectivity index (χ0) is 12.2. The van der Waals surface area contributed by atoms with Gasteiger partial charge in [-0.1, -0.05) is 24.9 Å². The van der Waals surface area contributed by atoms with Crippen molar-refractivity contribution in [3.8, 4) is 0 Å². The molecule has 6 heteroatoms. The van der Waals surface area contributed by atoms with Crippen LogP contribution in [0.15, 0.2) is 11.1 Å². The number of rotatable bonds is 5. The maximum atomic E-state index is 11.2. The Hall–Kier alpha value is -1.07. The summed E-state index contributed by atoms with van der Waals surface area (Å²) in [4.78, 5) is 17.4. The topological polar surface area (TPSA) is 78.0 Å². The molecule has 1 rings (SSSR count). The van der Waals surface area contributed by atoms with Crippen molar-refractivity contribution >= 4 is 17.4 Å². The first-order chi connectivity index (χ1) is 7.46. The Labute approximate surface area is 98.9 Å². The van der Waals surface area contributed by atoms with Crippen molar-refractivity contribution < 1.29 is 5.11 Å². The summed E-state index contributed by atoms with van der Waals surface area (Å²) in [6.45, 7) is 4.02. The van der Waals surface area contributed by atoms with E-state index in [0.717, 1.165) is 6.42 Å². The lowest BCUT2D eigenvalue weighted by molar-refractivity contribution is 0.0636. The van der Waals surface area contributed by atoms with Crippen molar-refractivity contribution in [2.24, 2.45) is 0 Å². The molecule has 0 aliphatic rings. The van der Waals surface area contributed by atoms with Gasteiger partial charge in [0.25, 0.3) is 5.56 Å². The Morgan fingerprint density at radius 2 is 2.38 bits per heavy atom. The third-order valence-electron chi connectivity index (χ3n) is 2.22. The highest BCUT2D eigenvalue weighted by molar-refractivity contribution is 6.32. The van der Waals surface area contributed by atoms with Gasteiger partial charge >= 0.3 is 0 Å². The molecule has 0 radical (unpaired) electrons. The van der Waals surface area contributed by atoms with E-state index in [9.17, 15) is 9.90 Å². The predicted molar refractivity (Wildman–Crippen MR) is 63.9 cm³/mol. The van der Waals surface area contributed by atoms with Crippen LogP contribution >= 0.6 is 11.6 Å². The van der Waals surface area contributed by atoms with Crippen LogP contribution in [0.1, 0.15) is 26.7 Å². The minimum absolute atomic E-state index is 0.00907. The molecule has 0 spiro atoms. The van der Waals surface area contributed by atoms with E-state index in [1.54, 1.807) is 6.92 Å². The van der Waals surface area contributed by atoms with Gasteiger partial charge in [-0.2, -0.15) is 0 Å². The molecule has 0 fully saturated rings. The standard InChI is InChI=1S/C10H16ClN3O2/c1-3-4-10(2,16)5-12-8-7(11)9(15)14-6-13-8/h6,16H,3-5H2,1-2H3,(H2,12,13,14,15). The molecule has 16 heavy (non-hydrogen) atoms. The van der Waals surface area contributed by atoms with Gasteiger partial charge in [0.05, 0.1) is 11.9 Å². The molecule has 0 saturated heterocycles. The van der Waals surface area contributed by atoms with Gasteiger partial charge in [-0.15, -0.1) is 0 Å². The fourth-order valence-electron chi connectivity index (χ4n) is 1.41. The molecule has 0 bridgehead atoms. The number of hydrogen-bond acceptors (Lipinski definition) is 4. The second-order valence-corrected chi connectivity index (χ2v) is 4.37. The highest BCUT2D eigenvalue weighted by atomic mass is 35.5. The van der Waals surface area contributed by atoms with Crippen molar-refractivity contribution in [2.75, 3.05) is 11.9 Å². The van der Waals surface area contributed by atoms with Crippen LogP contribution in [-0.2, 0) is 0 Å². The van der Waals surface area contributed by atoms with E-state index < -0.39 is 11.2 Å². The zero-order valence-corrected chi connectivity index (χ0v) is 10.1. The lowest BCUT2D eigenvalue weighted by atomic mass is 10.0.